The van der Waals surface area contributed by atoms with Crippen LogP contribution in [0, 0.1) is 5.92 Å². The van der Waals surface area contributed by atoms with Crippen LogP contribution in [-0.4, -0.2) is 6.54 Å². The van der Waals surface area contributed by atoms with Crippen LogP contribution in [0.4, 0.5) is 0 Å². The Balaban J connectivity index is 1.65. The van der Waals surface area contributed by atoms with Gasteiger partial charge in [-0.1, -0.05) is 49.6 Å². The number of rotatable bonds is 4. The number of hydrogen-bond donors (Lipinski definition) is 1. The Morgan fingerprint density at radius 2 is 1.88 bits per heavy atom. The van der Waals surface area contributed by atoms with E-state index in [-0.39, 0.29) is 5.63 Å². The highest BCUT2D eigenvalue weighted by Gasteiger charge is 2.14. The van der Waals surface area contributed by atoms with Gasteiger partial charge in [0.15, 0.2) is 0 Å². The molecule has 1 saturated carbocycles. The minimum atomic E-state index is -0.271. The van der Waals surface area contributed by atoms with Gasteiger partial charge in [-0.05, 0) is 47.7 Å². The molecule has 0 spiro atoms. The molecule has 1 aliphatic carbocycles. The van der Waals surface area contributed by atoms with Crippen molar-refractivity contribution in [3.63, 3.8) is 0 Å². The Morgan fingerprint density at radius 3 is 2.75 bits per heavy atom. The lowest BCUT2D eigenvalue weighted by molar-refractivity contribution is 0.342. The third-order valence-electron chi connectivity index (χ3n) is 5.19. The first-order chi connectivity index (χ1) is 11.8. The van der Waals surface area contributed by atoms with Crippen molar-refractivity contribution in [3.05, 3.63) is 58.4 Å². The Morgan fingerprint density at radius 1 is 1.04 bits per heavy atom. The average Bonchev–Trinajstić information content (AvgIpc) is 2.62. The van der Waals surface area contributed by atoms with E-state index in [4.69, 9.17) is 4.42 Å². The molecule has 0 aliphatic heterocycles. The van der Waals surface area contributed by atoms with Crippen LogP contribution in [0.5, 0.6) is 0 Å². The highest BCUT2D eigenvalue weighted by Crippen LogP contribution is 2.27. The smallest absolute Gasteiger partial charge is 0.336 e. The molecule has 124 valence electrons. The molecule has 1 fully saturated rings. The van der Waals surface area contributed by atoms with Gasteiger partial charge in [0.2, 0.25) is 0 Å². The first-order valence-electron chi connectivity index (χ1n) is 8.96. The highest BCUT2D eigenvalue weighted by atomic mass is 16.4. The molecule has 0 saturated heterocycles. The molecule has 3 heteroatoms. The van der Waals surface area contributed by atoms with Crippen LogP contribution in [0.2, 0.25) is 0 Å². The van der Waals surface area contributed by atoms with Crippen LogP contribution in [0.15, 0.2) is 51.7 Å². The summed E-state index contributed by atoms with van der Waals surface area (Å²) in [5.41, 5.74) is 1.44. The van der Waals surface area contributed by atoms with Gasteiger partial charge in [0.25, 0.3) is 0 Å². The third-order valence-corrected chi connectivity index (χ3v) is 5.19. The first-order valence-corrected chi connectivity index (χ1v) is 8.96. The van der Waals surface area contributed by atoms with Gasteiger partial charge in [0.05, 0.1) is 0 Å². The van der Waals surface area contributed by atoms with Crippen molar-refractivity contribution in [2.24, 2.45) is 5.92 Å². The molecule has 2 aromatic carbocycles. The Labute approximate surface area is 141 Å². The van der Waals surface area contributed by atoms with Crippen LogP contribution >= 0.6 is 0 Å². The van der Waals surface area contributed by atoms with Gasteiger partial charge < -0.3 is 9.73 Å². The van der Waals surface area contributed by atoms with Crippen molar-refractivity contribution in [3.8, 4) is 0 Å². The maximum atomic E-state index is 11.9. The SMILES string of the molecule is O=c1cc(CNCC2CCCCC2)c2c(ccc3ccccc32)o1. The number of hydrogen-bond acceptors (Lipinski definition) is 3. The monoisotopic (exact) mass is 321 g/mol. The first kappa shape index (κ1) is 15.4. The van der Waals surface area contributed by atoms with Crippen molar-refractivity contribution >= 4 is 21.7 Å². The van der Waals surface area contributed by atoms with E-state index in [0.29, 0.717) is 12.1 Å². The second-order valence-electron chi connectivity index (χ2n) is 6.89. The maximum Gasteiger partial charge on any atom is 0.336 e. The zero-order chi connectivity index (χ0) is 16.4. The van der Waals surface area contributed by atoms with Crippen molar-refractivity contribution in [1.29, 1.82) is 0 Å². The largest absolute Gasteiger partial charge is 0.423 e. The van der Waals surface area contributed by atoms with E-state index in [9.17, 15) is 4.79 Å². The maximum absolute atomic E-state index is 11.9. The zero-order valence-electron chi connectivity index (χ0n) is 13.9. The van der Waals surface area contributed by atoms with Gasteiger partial charge in [-0.3, -0.25) is 0 Å². The predicted molar refractivity (Wildman–Crippen MR) is 98.3 cm³/mol. The summed E-state index contributed by atoms with van der Waals surface area (Å²) >= 11 is 0. The van der Waals surface area contributed by atoms with E-state index < -0.39 is 0 Å². The second-order valence-corrected chi connectivity index (χ2v) is 6.89. The fraction of sp³-hybridized carbons (Fsp3) is 0.381. The van der Waals surface area contributed by atoms with Crippen LogP contribution in [-0.2, 0) is 6.54 Å². The minimum Gasteiger partial charge on any atom is -0.423 e. The summed E-state index contributed by atoms with van der Waals surface area (Å²) in [5, 5.41) is 6.95. The highest BCUT2D eigenvalue weighted by molar-refractivity contribution is 6.07. The van der Waals surface area contributed by atoms with E-state index in [2.05, 4.69) is 17.4 Å². The summed E-state index contributed by atoms with van der Waals surface area (Å²) in [6.07, 6.45) is 6.75. The Kier molecular flexibility index (Phi) is 4.35. The van der Waals surface area contributed by atoms with Crippen molar-refractivity contribution < 1.29 is 4.42 Å². The summed E-state index contributed by atoms with van der Waals surface area (Å²) < 4.78 is 5.42. The second kappa shape index (κ2) is 6.78. The molecule has 1 N–H and O–H groups in total. The molecular formula is C21H23NO2. The van der Waals surface area contributed by atoms with Gasteiger partial charge in [-0.2, -0.15) is 0 Å². The van der Waals surface area contributed by atoms with Gasteiger partial charge in [0, 0.05) is 18.0 Å². The molecule has 0 atom stereocenters. The molecule has 0 radical (unpaired) electrons. The molecule has 3 aromatic rings. The van der Waals surface area contributed by atoms with Crippen LogP contribution in [0.1, 0.15) is 37.7 Å². The fourth-order valence-corrected chi connectivity index (χ4v) is 3.96. The Bertz CT molecular complexity index is 906. The van der Waals surface area contributed by atoms with E-state index in [1.807, 2.05) is 24.3 Å². The lowest BCUT2D eigenvalue weighted by Gasteiger charge is -2.22. The number of benzene rings is 2. The fourth-order valence-electron chi connectivity index (χ4n) is 3.96. The van der Waals surface area contributed by atoms with Gasteiger partial charge in [0.1, 0.15) is 5.58 Å². The average molecular weight is 321 g/mol. The Hall–Kier alpha value is -2.13. The summed E-state index contributed by atoms with van der Waals surface area (Å²) in [6, 6.07) is 13.8. The molecule has 4 rings (SSSR count). The van der Waals surface area contributed by atoms with E-state index >= 15 is 0 Å². The summed E-state index contributed by atoms with van der Waals surface area (Å²) in [5.74, 6) is 0.780. The molecule has 1 heterocycles. The third kappa shape index (κ3) is 3.09. The number of fused-ring (bicyclic) bond motifs is 3. The lowest BCUT2D eigenvalue weighted by atomic mass is 9.89. The molecular weight excluding hydrogens is 298 g/mol. The van der Waals surface area contributed by atoms with Crippen molar-refractivity contribution in [2.45, 2.75) is 38.6 Å². The molecule has 24 heavy (non-hydrogen) atoms. The molecule has 0 amide bonds. The van der Waals surface area contributed by atoms with Gasteiger partial charge in [-0.15, -0.1) is 0 Å². The van der Waals surface area contributed by atoms with E-state index in [1.165, 1.54) is 37.5 Å². The van der Waals surface area contributed by atoms with Crippen LogP contribution in [0.3, 0.4) is 0 Å². The zero-order valence-corrected chi connectivity index (χ0v) is 13.9. The van der Waals surface area contributed by atoms with Gasteiger partial charge >= 0.3 is 5.63 Å². The molecule has 1 aliphatic rings. The van der Waals surface area contributed by atoms with Crippen molar-refractivity contribution in [1.82, 2.24) is 5.32 Å². The molecule has 3 nitrogen and oxygen atoms in total. The predicted octanol–water partition coefficient (Wildman–Crippen LogP) is 4.62. The molecule has 1 aromatic heterocycles. The van der Waals surface area contributed by atoms with E-state index in [1.54, 1.807) is 6.07 Å². The quantitative estimate of drug-likeness (QED) is 0.563. The summed E-state index contributed by atoms with van der Waals surface area (Å²) in [7, 11) is 0. The normalized spacial score (nSPS) is 16.0. The van der Waals surface area contributed by atoms with Crippen LogP contribution < -0.4 is 10.9 Å². The van der Waals surface area contributed by atoms with Gasteiger partial charge in [-0.25, -0.2) is 4.79 Å². The number of nitrogens with one attached hydrogen (secondary N) is 1. The molecule has 0 bridgehead atoms. The van der Waals surface area contributed by atoms with Crippen LogP contribution in [0.25, 0.3) is 21.7 Å². The van der Waals surface area contributed by atoms with E-state index in [0.717, 1.165) is 28.8 Å². The molecule has 0 unspecified atom stereocenters. The summed E-state index contributed by atoms with van der Waals surface area (Å²) in [4.78, 5) is 11.9. The summed E-state index contributed by atoms with van der Waals surface area (Å²) in [6.45, 7) is 1.75. The topological polar surface area (TPSA) is 42.2 Å². The minimum absolute atomic E-state index is 0.271. The lowest BCUT2D eigenvalue weighted by Crippen LogP contribution is -2.24. The van der Waals surface area contributed by atoms with Crippen molar-refractivity contribution in [2.75, 3.05) is 6.54 Å². The standard InChI is InChI=1S/C21H23NO2/c23-20-12-17(14-22-13-15-6-2-1-3-7-15)21-18-9-5-4-8-16(18)10-11-19(21)24-20/h4-5,8-12,15,22H,1-3,6-7,13-14H2.